The molecular formula is C31H44N2O5S. The third kappa shape index (κ3) is 6.49. The maximum absolute atomic E-state index is 13.6. The molecule has 0 amide bonds. The minimum atomic E-state index is -3.59. The van der Waals surface area contributed by atoms with E-state index in [-0.39, 0.29) is 23.7 Å². The van der Waals surface area contributed by atoms with E-state index in [9.17, 15) is 13.2 Å². The van der Waals surface area contributed by atoms with Crippen LogP contribution in [0.15, 0.2) is 56.6 Å². The van der Waals surface area contributed by atoms with Crippen molar-refractivity contribution >= 4 is 21.7 Å². The minimum Gasteiger partial charge on any atom is -0.466 e. The second-order valence-electron chi connectivity index (χ2n) is 12.8. The molecule has 0 bridgehead atoms. The van der Waals surface area contributed by atoms with Crippen molar-refractivity contribution in [3.8, 4) is 0 Å². The summed E-state index contributed by atoms with van der Waals surface area (Å²) < 4.78 is 34.2. The molecule has 0 aromatic heterocycles. The van der Waals surface area contributed by atoms with Crippen LogP contribution in [0, 0.1) is 11.3 Å². The van der Waals surface area contributed by atoms with Gasteiger partial charge < -0.3 is 9.57 Å². The summed E-state index contributed by atoms with van der Waals surface area (Å²) in [7, 11) is -3.59. The molecule has 1 aliphatic heterocycles. The first kappa shape index (κ1) is 29.5. The van der Waals surface area contributed by atoms with E-state index in [1.165, 1.54) is 5.57 Å². The van der Waals surface area contributed by atoms with Gasteiger partial charge in [-0.25, -0.2) is 8.42 Å². The Bertz CT molecular complexity index is 1310. The average Bonchev–Trinajstić information content (AvgIpc) is 3.47. The zero-order valence-corrected chi connectivity index (χ0v) is 25.4. The molecule has 1 aromatic rings. The van der Waals surface area contributed by atoms with Gasteiger partial charge in [-0.2, -0.15) is 4.31 Å². The topological polar surface area (TPSA) is 85.3 Å². The zero-order chi connectivity index (χ0) is 28.6. The smallest absolute Gasteiger partial charge is 0.306 e. The van der Waals surface area contributed by atoms with E-state index < -0.39 is 15.6 Å². The highest BCUT2D eigenvalue weighted by molar-refractivity contribution is 7.89. The summed E-state index contributed by atoms with van der Waals surface area (Å²) in [5.74, 6) is -0.324. The Morgan fingerprint density at radius 3 is 2.44 bits per heavy atom. The molecule has 1 heterocycles. The fraction of sp³-hybridized carbons (Fsp3) is 0.613. The van der Waals surface area contributed by atoms with Crippen LogP contribution in [0.2, 0.25) is 0 Å². The van der Waals surface area contributed by atoms with Crippen LogP contribution >= 0.6 is 0 Å². The van der Waals surface area contributed by atoms with E-state index in [1.807, 2.05) is 39.8 Å². The zero-order valence-electron chi connectivity index (χ0n) is 24.6. The van der Waals surface area contributed by atoms with E-state index in [0.717, 1.165) is 53.7 Å². The fourth-order valence-electron chi connectivity index (χ4n) is 6.05. The van der Waals surface area contributed by atoms with Gasteiger partial charge >= 0.3 is 5.97 Å². The van der Waals surface area contributed by atoms with Crippen molar-refractivity contribution in [3.05, 3.63) is 52.1 Å². The van der Waals surface area contributed by atoms with E-state index >= 15 is 0 Å². The van der Waals surface area contributed by atoms with Gasteiger partial charge in [-0.15, -0.1) is 0 Å². The number of carbonyl (C=O) groups excluding carboxylic acids is 1. The van der Waals surface area contributed by atoms with Gasteiger partial charge in [-0.3, -0.25) is 4.79 Å². The van der Waals surface area contributed by atoms with Gasteiger partial charge in [0.05, 0.1) is 23.6 Å². The molecule has 3 aliphatic rings. The van der Waals surface area contributed by atoms with Crippen molar-refractivity contribution in [2.75, 3.05) is 19.7 Å². The summed E-state index contributed by atoms with van der Waals surface area (Å²) in [5, 5.41) is 4.69. The second-order valence-corrected chi connectivity index (χ2v) is 14.7. The Balaban J connectivity index is 1.82. The molecule has 0 spiro atoms. The largest absolute Gasteiger partial charge is 0.466 e. The lowest BCUT2D eigenvalue weighted by molar-refractivity contribution is -0.143. The Hall–Kier alpha value is -2.45. The number of oxime groups is 1. The van der Waals surface area contributed by atoms with E-state index in [1.54, 1.807) is 16.4 Å². The lowest BCUT2D eigenvalue weighted by Crippen LogP contribution is -2.29. The van der Waals surface area contributed by atoms with Crippen molar-refractivity contribution in [1.82, 2.24) is 4.31 Å². The summed E-state index contributed by atoms with van der Waals surface area (Å²) in [5.41, 5.74) is 5.49. The predicted octanol–water partition coefficient (Wildman–Crippen LogP) is 6.20. The van der Waals surface area contributed by atoms with Crippen LogP contribution in [0.5, 0.6) is 0 Å². The minimum absolute atomic E-state index is 0.0570. The van der Waals surface area contributed by atoms with E-state index in [0.29, 0.717) is 31.0 Å². The molecule has 4 rings (SSSR count). The summed E-state index contributed by atoms with van der Waals surface area (Å²) in [6, 6.07) is 7.33. The molecule has 0 saturated carbocycles. The normalized spacial score (nSPS) is 22.9. The molecule has 214 valence electrons. The molecule has 1 saturated heterocycles. The Morgan fingerprint density at radius 2 is 1.79 bits per heavy atom. The number of esters is 1. The molecular weight excluding hydrogens is 512 g/mol. The SMILES string of the molecule is CCOC(=O)CC1C(C)=C(Cc2ccccc2S(=O)(=O)N2CCCC2)C2=C1CC(C)(C)C/C2=N\OC(C)(C)C. The molecule has 8 heteroatoms. The van der Waals surface area contributed by atoms with Crippen molar-refractivity contribution < 1.29 is 22.8 Å². The number of nitrogens with zero attached hydrogens (tertiary/aromatic N) is 2. The van der Waals surface area contributed by atoms with Crippen molar-refractivity contribution in [2.45, 2.75) is 97.5 Å². The molecule has 1 fully saturated rings. The van der Waals surface area contributed by atoms with Crippen molar-refractivity contribution in [1.29, 1.82) is 0 Å². The first-order valence-electron chi connectivity index (χ1n) is 14.2. The molecule has 39 heavy (non-hydrogen) atoms. The second kappa shape index (κ2) is 11.2. The van der Waals surface area contributed by atoms with Gasteiger partial charge in [0, 0.05) is 24.6 Å². The summed E-state index contributed by atoms with van der Waals surface area (Å²) in [6.45, 7) is 15.7. The number of ether oxygens (including phenoxy) is 1. The number of allylic oxidation sites excluding steroid dienone is 4. The molecule has 1 atom stereocenters. The highest BCUT2D eigenvalue weighted by atomic mass is 32.2. The van der Waals surface area contributed by atoms with Crippen LogP contribution in [0.3, 0.4) is 0 Å². The molecule has 1 unspecified atom stereocenters. The van der Waals surface area contributed by atoms with E-state index in [4.69, 9.17) is 9.57 Å². The third-order valence-electron chi connectivity index (χ3n) is 7.77. The van der Waals surface area contributed by atoms with Crippen molar-refractivity contribution in [3.63, 3.8) is 0 Å². The number of sulfonamides is 1. The van der Waals surface area contributed by atoms with Gasteiger partial charge in [0.25, 0.3) is 0 Å². The van der Waals surface area contributed by atoms with Crippen LogP contribution in [0.4, 0.5) is 0 Å². The molecule has 0 radical (unpaired) electrons. The summed E-state index contributed by atoms with van der Waals surface area (Å²) >= 11 is 0. The highest BCUT2D eigenvalue weighted by Crippen LogP contribution is 2.51. The summed E-state index contributed by atoms with van der Waals surface area (Å²) in [4.78, 5) is 19.0. The molecule has 1 aromatic carbocycles. The number of hydrogen-bond acceptors (Lipinski definition) is 6. The number of rotatable bonds is 8. The lowest BCUT2D eigenvalue weighted by Gasteiger charge is -2.34. The predicted molar refractivity (Wildman–Crippen MR) is 154 cm³/mol. The average molecular weight is 557 g/mol. The first-order chi connectivity index (χ1) is 18.2. The lowest BCUT2D eigenvalue weighted by atomic mass is 9.71. The molecule has 0 N–H and O–H groups in total. The fourth-order valence-corrected chi connectivity index (χ4v) is 7.79. The Kier molecular flexibility index (Phi) is 8.48. The number of hydrogen-bond donors (Lipinski definition) is 0. The van der Waals surface area contributed by atoms with Crippen LogP contribution < -0.4 is 0 Å². The van der Waals surface area contributed by atoms with Crippen molar-refractivity contribution in [2.24, 2.45) is 16.5 Å². The van der Waals surface area contributed by atoms with Crippen LogP contribution in [-0.2, 0) is 30.8 Å². The first-order valence-corrected chi connectivity index (χ1v) is 15.6. The van der Waals surface area contributed by atoms with E-state index in [2.05, 4.69) is 25.9 Å². The van der Waals surface area contributed by atoms with Gasteiger partial charge in [0.15, 0.2) is 0 Å². The van der Waals surface area contributed by atoms with Crippen LogP contribution in [0.1, 0.15) is 86.1 Å². The highest BCUT2D eigenvalue weighted by Gasteiger charge is 2.43. The van der Waals surface area contributed by atoms with Crippen LogP contribution in [0.25, 0.3) is 0 Å². The Morgan fingerprint density at radius 1 is 1.13 bits per heavy atom. The van der Waals surface area contributed by atoms with Gasteiger partial charge in [-0.1, -0.05) is 48.3 Å². The van der Waals surface area contributed by atoms with Gasteiger partial charge in [0.1, 0.15) is 5.60 Å². The quantitative estimate of drug-likeness (QED) is 0.281. The monoisotopic (exact) mass is 556 g/mol. The number of carbonyl (C=O) groups is 1. The number of benzene rings is 1. The third-order valence-corrected chi connectivity index (χ3v) is 9.77. The summed E-state index contributed by atoms with van der Waals surface area (Å²) in [6.07, 6.45) is 4.05. The van der Waals surface area contributed by atoms with Crippen LogP contribution in [-0.4, -0.2) is 49.7 Å². The maximum atomic E-state index is 13.6. The molecule has 7 nitrogen and oxygen atoms in total. The Labute approximate surface area is 234 Å². The standard InChI is InChI=1S/C31H44N2O5S/c1-8-37-28(34)18-23-21(2)24(29-25(23)19-31(6,7)20-26(29)32-38-30(3,4)5)17-22-13-9-10-14-27(22)39(35,36)33-15-11-12-16-33/h9-10,13-14,23H,8,11-12,15-20H2,1-7H3/b32-26+. The molecule has 2 aliphatic carbocycles. The maximum Gasteiger partial charge on any atom is 0.306 e. The van der Waals surface area contributed by atoms with Gasteiger partial charge in [-0.05, 0) is 89.3 Å². The van der Waals surface area contributed by atoms with Gasteiger partial charge in [0.2, 0.25) is 10.0 Å².